The SMILES string of the molecule is Cc1cc(C)nc(-n2nc(C)cc2NC(=O)COC(=O)CCc2c(C)nn(C)c2C)n1. The first kappa shape index (κ1) is 22.1. The van der Waals surface area contributed by atoms with Crippen molar-refractivity contribution in [1.29, 1.82) is 0 Å². The minimum atomic E-state index is -0.465. The second-order valence-electron chi connectivity index (χ2n) is 7.52. The van der Waals surface area contributed by atoms with Crippen molar-refractivity contribution in [3.8, 4) is 5.95 Å². The number of hydrogen-bond acceptors (Lipinski definition) is 7. The van der Waals surface area contributed by atoms with E-state index in [1.54, 1.807) is 17.7 Å². The van der Waals surface area contributed by atoms with Crippen molar-refractivity contribution in [3.63, 3.8) is 0 Å². The van der Waals surface area contributed by atoms with Gasteiger partial charge in [-0.3, -0.25) is 14.3 Å². The Morgan fingerprint density at radius 3 is 2.29 bits per heavy atom. The third-order valence-corrected chi connectivity index (χ3v) is 4.86. The van der Waals surface area contributed by atoms with Gasteiger partial charge in [0.25, 0.3) is 11.9 Å². The number of ether oxygens (including phenoxy) is 1. The van der Waals surface area contributed by atoms with Gasteiger partial charge in [-0.25, -0.2) is 9.97 Å². The third-order valence-electron chi connectivity index (χ3n) is 4.86. The van der Waals surface area contributed by atoms with Crippen LogP contribution in [0.5, 0.6) is 0 Å². The molecular formula is C21H27N7O3. The maximum atomic E-state index is 12.3. The van der Waals surface area contributed by atoms with Crippen molar-refractivity contribution >= 4 is 17.7 Å². The Morgan fingerprint density at radius 2 is 1.68 bits per heavy atom. The van der Waals surface area contributed by atoms with Crippen molar-refractivity contribution < 1.29 is 14.3 Å². The second kappa shape index (κ2) is 9.07. The van der Waals surface area contributed by atoms with E-state index < -0.39 is 11.9 Å². The van der Waals surface area contributed by atoms with Gasteiger partial charge in [-0.2, -0.15) is 14.9 Å². The Bertz CT molecular complexity index is 1110. The van der Waals surface area contributed by atoms with E-state index in [1.165, 1.54) is 4.68 Å². The molecule has 0 spiro atoms. The molecular weight excluding hydrogens is 398 g/mol. The van der Waals surface area contributed by atoms with Gasteiger partial charge in [-0.05, 0) is 52.7 Å². The fourth-order valence-electron chi connectivity index (χ4n) is 3.35. The number of carbonyl (C=O) groups excluding carboxylic acids is 2. The van der Waals surface area contributed by atoms with E-state index in [0.29, 0.717) is 23.9 Å². The number of nitrogens with one attached hydrogen (secondary N) is 1. The molecule has 0 unspecified atom stereocenters. The highest BCUT2D eigenvalue weighted by molar-refractivity contribution is 5.92. The lowest BCUT2D eigenvalue weighted by atomic mass is 10.1. The van der Waals surface area contributed by atoms with Crippen LogP contribution in [0.2, 0.25) is 0 Å². The number of nitrogens with zero attached hydrogens (tertiary/aromatic N) is 6. The number of amides is 1. The number of carbonyl (C=O) groups is 2. The largest absolute Gasteiger partial charge is 0.456 e. The highest BCUT2D eigenvalue weighted by atomic mass is 16.5. The van der Waals surface area contributed by atoms with Gasteiger partial charge >= 0.3 is 5.97 Å². The van der Waals surface area contributed by atoms with Gasteiger partial charge in [-0.1, -0.05) is 0 Å². The van der Waals surface area contributed by atoms with E-state index in [2.05, 4.69) is 25.5 Å². The molecule has 31 heavy (non-hydrogen) atoms. The summed E-state index contributed by atoms with van der Waals surface area (Å²) in [6.07, 6.45) is 0.691. The van der Waals surface area contributed by atoms with E-state index in [4.69, 9.17) is 4.74 Å². The lowest BCUT2D eigenvalue weighted by molar-refractivity contribution is -0.147. The molecule has 0 saturated carbocycles. The summed E-state index contributed by atoms with van der Waals surface area (Å²) in [5, 5.41) is 11.4. The van der Waals surface area contributed by atoms with E-state index in [0.717, 1.165) is 28.3 Å². The lowest BCUT2D eigenvalue weighted by Gasteiger charge is -2.09. The highest BCUT2D eigenvalue weighted by Crippen LogP contribution is 2.16. The fraction of sp³-hybridized carbons (Fsp3) is 0.429. The molecule has 3 heterocycles. The topological polar surface area (TPSA) is 117 Å². The first-order chi connectivity index (χ1) is 14.6. The molecule has 3 rings (SSSR count). The van der Waals surface area contributed by atoms with Crippen LogP contribution in [0.1, 0.15) is 40.5 Å². The number of anilines is 1. The summed E-state index contributed by atoms with van der Waals surface area (Å²) in [5.41, 5.74) is 5.21. The summed E-state index contributed by atoms with van der Waals surface area (Å²) in [4.78, 5) is 33.2. The normalized spacial score (nSPS) is 10.9. The Labute approximate surface area is 180 Å². The second-order valence-corrected chi connectivity index (χ2v) is 7.52. The van der Waals surface area contributed by atoms with Crippen LogP contribution < -0.4 is 5.32 Å². The zero-order chi connectivity index (χ0) is 22.7. The minimum absolute atomic E-state index is 0.175. The Morgan fingerprint density at radius 1 is 1.00 bits per heavy atom. The number of aryl methyl sites for hydroxylation is 5. The first-order valence-corrected chi connectivity index (χ1v) is 9.98. The van der Waals surface area contributed by atoms with Crippen LogP contribution in [-0.4, -0.2) is 48.0 Å². The number of hydrogen-bond donors (Lipinski definition) is 1. The third kappa shape index (κ3) is 5.33. The van der Waals surface area contributed by atoms with Gasteiger partial charge in [0.15, 0.2) is 6.61 Å². The Hall–Kier alpha value is -3.56. The van der Waals surface area contributed by atoms with Crippen molar-refractivity contribution in [2.45, 2.75) is 47.5 Å². The average molecular weight is 425 g/mol. The van der Waals surface area contributed by atoms with E-state index in [9.17, 15) is 9.59 Å². The van der Waals surface area contributed by atoms with Crippen LogP contribution >= 0.6 is 0 Å². The van der Waals surface area contributed by atoms with E-state index in [-0.39, 0.29) is 13.0 Å². The summed E-state index contributed by atoms with van der Waals surface area (Å²) in [5.74, 6) is -0.141. The van der Waals surface area contributed by atoms with Gasteiger partial charge in [0.2, 0.25) is 0 Å². The molecule has 3 aromatic rings. The molecule has 0 aliphatic carbocycles. The smallest absolute Gasteiger partial charge is 0.306 e. The fourth-order valence-corrected chi connectivity index (χ4v) is 3.35. The van der Waals surface area contributed by atoms with Gasteiger partial charge in [0, 0.05) is 36.6 Å². The highest BCUT2D eigenvalue weighted by Gasteiger charge is 2.16. The number of rotatable bonds is 7. The molecule has 0 saturated heterocycles. The molecule has 0 atom stereocenters. The van der Waals surface area contributed by atoms with Gasteiger partial charge < -0.3 is 10.1 Å². The average Bonchev–Trinajstić information content (AvgIpc) is 3.16. The Kier molecular flexibility index (Phi) is 6.47. The predicted octanol–water partition coefficient (Wildman–Crippen LogP) is 2.05. The van der Waals surface area contributed by atoms with Crippen LogP contribution in [0.3, 0.4) is 0 Å². The molecule has 10 nitrogen and oxygen atoms in total. The number of aromatic nitrogens is 6. The van der Waals surface area contributed by atoms with Crippen LogP contribution in [0.15, 0.2) is 12.1 Å². The summed E-state index contributed by atoms with van der Waals surface area (Å²) >= 11 is 0. The zero-order valence-corrected chi connectivity index (χ0v) is 18.7. The summed E-state index contributed by atoms with van der Waals surface area (Å²) < 4.78 is 8.38. The quantitative estimate of drug-likeness (QED) is 0.576. The van der Waals surface area contributed by atoms with Crippen molar-refractivity contribution in [1.82, 2.24) is 29.5 Å². The number of esters is 1. The van der Waals surface area contributed by atoms with Gasteiger partial charge in [0.1, 0.15) is 5.82 Å². The molecule has 1 N–H and O–H groups in total. The van der Waals surface area contributed by atoms with Crippen LogP contribution in [0.25, 0.3) is 5.95 Å². The van der Waals surface area contributed by atoms with Crippen LogP contribution in [0.4, 0.5) is 5.82 Å². The standard InChI is InChI=1S/C21H27N7O3/c1-12-9-13(2)23-21(22-12)28-18(10-14(3)25-28)24-19(29)11-31-20(30)8-7-17-15(4)26-27(6)16(17)5/h9-10H,7-8,11H2,1-6H3,(H,24,29). The maximum Gasteiger partial charge on any atom is 0.306 e. The minimum Gasteiger partial charge on any atom is -0.456 e. The van der Waals surface area contributed by atoms with Crippen LogP contribution in [-0.2, 0) is 27.8 Å². The summed E-state index contributed by atoms with van der Waals surface area (Å²) in [6.45, 7) is 9.00. The lowest BCUT2D eigenvalue weighted by Crippen LogP contribution is -2.23. The molecule has 0 aromatic carbocycles. The molecule has 10 heteroatoms. The Balaban J connectivity index is 1.58. The van der Waals surface area contributed by atoms with E-state index in [1.807, 2.05) is 40.8 Å². The molecule has 0 radical (unpaired) electrons. The van der Waals surface area contributed by atoms with E-state index >= 15 is 0 Å². The van der Waals surface area contributed by atoms with Crippen molar-refractivity contribution in [2.75, 3.05) is 11.9 Å². The van der Waals surface area contributed by atoms with Gasteiger partial charge in [-0.15, -0.1) is 0 Å². The molecule has 0 bridgehead atoms. The van der Waals surface area contributed by atoms with Gasteiger partial charge in [0.05, 0.1) is 11.4 Å². The first-order valence-electron chi connectivity index (χ1n) is 9.98. The molecule has 0 fully saturated rings. The van der Waals surface area contributed by atoms with Crippen molar-refractivity contribution in [3.05, 3.63) is 46.2 Å². The molecule has 3 aromatic heterocycles. The molecule has 0 aliphatic rings. The van der Waals surface area contributed by atoms with Crippen molar-refractivity contribution in [2.24, 2.45) is 7.05 Å². The zero-order valence-electron chi connectivity index (χ0n) is 18.7. The van der Waals surface area contributed by atoms with Crippen LogP contribution in [0, 0.1) is 34.6 Å². The predicted molar refractivity (Wildman–Crippen MR) is 114 cm³/mol. The summed E-state index contributed by atoms with van der Waals surface area (Å²) in [7, 11) is 1.87. The monoisotopic (exact) mass is 425 g/mol. The summed E-state index contributed by atoms with van der Waals surface area (Å²) in [6, 6.07) is 3.56. The molecule has 0 aliphatic heterocycles. The molecule has 1 amide bonds. The maximum absolute atomic E-state index is 12.3. The molecule has 164 valence electrons.